The van der Waals surface area contributed by atoms with Crippen LogP contribution in [0, 0.1) is 0 Å². The molecule has 2 aliphatic heterocycles. The minimum absolute atomic E-state index is 0.387. The van der Waals surface area contributed by atoms with Crippen molar-refractivity contribution in [2.24, 2.45) is 0 Å². The van der Waals surface area contributed by atoms with Gasteiger partial charge in [0.25, 0.3) is 0 Å². The van der Waals surface area contributed by atoms with Crippen molar-refractivity contribution in [1.82, 2.24) is 9.97 Å². The number of nitrogens with one attached hydrogen (secondary N) is 1. The molecular formula is C11H15N3OS. The molecule has 1 N–H and O–H groups in total. The first kappa shape index (κ1) is 10.4. The van der Waals surface area contributed by atoms with Gasteiger partial charge >= 0.3 is 0 Å². The number of rotatable bonds is 3. The molecule has 1 aromatic rings. The van der Waals surface area contributed by atoms with E-state index in [1.807, 2.05) is 12.3 Å². The van der Waals surface area contributed by atoms with Crippen LogP contribution in [0.4, 0.5) is 5.82 Å². The number of hydrogen-bond acceptors (Lipinski definition) is 5. The van der Waals surface area contributed by atoms with Gasteiger partial charge in [0.2, 0.25) is 0 Å². The van der Waals surface area contributed by atoms with Crippen LogP contribution in [0.15, 0.2) is 17.4 Å². The standard InChI is InChI=1S/C11H15N3OS/c1-16-11-5-10(12-6-13-11)14-8-4-7-2-3-9(8)15-7/h5-9H,2-4H2,1H3,(H,12,13,14). The van der Waals surface area contributed by atoms with E-state index in [-0.39, 0.29) is 0 Å². The molecule has 0 spiro atoms. The Labute approximate surface area is 99.2 Å². The number of aromatic nitrogens is 2. The van der Waals surface area contributed by atoms with Crippen molar-refractivity contribution in [2.45, 2.75) is 42.5 Å². The maximum atomic E-state index is 5.80. The maximum absolute atomic E-state index is 5.80. The van der Waals surface area contributed by atoms with Crippen molar-refractivity contribution in [2.75, 3.05) is 11.6 Å². The zero-order chi connectivity index (χ0) is 11.0. The Morgan fingerprint density at radius 3 is 3.06 bits per heavy atom. The molecule has 1 aromatic heterocycles. The van der Waals surface area contributed by atoms with Crippen molar-refractivity contribution in [3.05, 3.63) is 12.4 Å². The van der Waals surface area contributed by atoms with E-state index in [9.17, 15) is 0 Å². The second kappa shape index (κ2) is 4.22. The third-order valence-electron chi connectivity index (χ3n) is 3.29. The van der Waals surface area contributed by atoms with E-state index < -0.39 is 0 Å². The van der Waals surface area contributed by atoms with E-state index in [0.29, 0.717) is 18.2 Å². The Kier molecular flexibility index (Phi) is 2.73. The lowest BCUT2D eigenvalue weighted by Gasteiger charge is -2.20. The van der Waals surface area contributed by atoms with Crippen LogP contribution in [0.3, 0.4) is 0 Å². The SMILES string of the molecule is CSc1cc(NC2CC3CCC2O3)ncn1. The summed E-state index contributed by atoms with van der Waals surface area (Å²) in [4.78, 5) is 8.40. The first-order valence-electron chi connectivity index (χ1n) is 5.63. The number of ether oxygens (including phenoxy) is 1. The van der Waals surface area contributed by atoms with Gasteiger partial charge in [-0.1, -0.05) is 0 Å². The summed E-state index contributed by atoms with van der Waals surface area (Å²) < 4.78 is 5.80. The van der Waals surface area contributed by atoms with Gasteiger partial charge in [0.15, 0.2) is 0 Å². The number of thioether (sulfide) groups is 1. The highest BCUT2D eigenvalue weighted by Crippen LogP contribution is 2.35. The number of nitrogens with zero attached hydrogens (tertiary/aromatic N) is 2. The number of anilines is 1. The molecule has 2 aliphatic rings. The van der Waals surface area contributed by atoms with Gasteiger partial charge in [-0.25, -0.2) is 9.97 Å². The summed E-state index contributed by atoms with van der Waals surface area (Å²) in [6.07, 6.45) is 8.02. The molecule has 0 radical (unpaired) electrons. The summed E-state index contributed by atoms with van der Waals surface area (Å²) >= 11 is 1.63. The van der Waals surface area contributed by atoms with Gasteiger partial charge in [0, 0.05) is 6.07 Å². The summed E-state index contributed by atoms with van der Waals surface area (Å²) in [6, 6.07) is 2.43. The molecule has 0 saturated carbocycles. The molecule has 2 saturated heterocycles. The molecule has 16 heavy (non-hydrogen) atoms. The highest BCUT2D eigenvalue weighted by molar-refractivity contribution is 7.98. The van der Waals surface area contributed by atoms with Gasteiger partial charge in [-0.15, -0.1) is 11.8 Å². The molecule has 3 heterocycles. The summed E-state index contributed by atoms with van der Waals surface area (Å²) in [5, 5.41) is 4.46. The zero-order valence-electron chi connectivity index (χ0n) is 9.22. The Hall–Kier alpha value is -0.810. The van der Waals surface area contributed by atoms with Crippen molar-refractivity contribution < 1.29 is 4.74 Å². The van der Waals surface area contributed by atoms with Crippen molar-refractivity contribution in [3.63, 3.8) is 0 Å². The fourth-order valence-corrected chi connectivity index (χ4v) is 2.89. The van der Waals surface area contributed by atoms with Crippen molar-refractivity contribution in [1.29, 1.82) is 0 Å². The summed E-state index contributed by atoms with van der Waals surface area (Å²) in [5.41, 5.74) is 0. The average molecular weight is 237 g/mol. The summed E-state index contributed by atoms with van der Waals surface area (Å²) in [6.45, 7) is 0. The van der Waals surface area contributed by atoms with Crippen LogP contribution >= 0.6 is 11.8 Å². The predicted molar refractivity (Wildman–Crippen MR) is 63.7 cm³/mol. The zero-order valence-corrected chi connectivity index (χ0v) is 10.0. The molecule has 0 amide bonds. The van der Waals surface area contributed by atoms with Gasteiger partial charge in [0.1, 0.15) is 17.2 Å². The lowest BCUT2D eigenvalue weighted by atomic mass is 9.95. The largest absolute Gasteiger partial charge is 0.373 e. The summed E-state index contributed by atoms with van der Waals surface area (Å²) in [7, 11) is 0. The molecule has 2 bridgehead atoms. The fraction of sp³-hybridized carbons (Fsp3) is 0.636. The molecule has 3 rings (SSSR count). The normalized spacial score (nSPS) is 31.9. The van der Waals surface area contributed by atoms with Crippen molar-refractivity contribution >= 4 is 17.6 Å². The van der Waals surface area contributed by atoms with Crippen LogP contribution < -0.4 is 5.32 Å². The Morgan fingerprint density at radius 1 is 1.44 bits per heavy atom. The number of fused-ring (bicyclic) bond motifs is 2. The van der Waals surface area contributed by atoms with Crippen LogP contribution in [0.2, 0.25) is 0 Å². The van der Waals surface area contributed by atoms with E-state index in [4.69, 9.17) is 4.74 Å². The molecule has 4 nitrogen and oxygen atoms in total. The van der Waals surface area contributed by atoms with E-state index in [2.05, 4.69) is 15.3 Å². The van der Waals surface area contributed by atoms with E-state index in [0.717, 1.165) is 17.3 Å². The average Bonchev–Trinajstić information content (AvgIpc) is 2.91. The van der Waals surface area contributed by atoms with Crippen LogP contribution in [-0.4, -0.2) is 34.5 Å². The maximum Gasteiger partial charge on any atom is 0.130 e. The molecular weight excluding hydrogens is 222 g/mol. The van der Waals surface area contributed by atoms with Gasteiger partial charge < -0.3 is 10.1 Å². The highest BCUT2D eigenvalue weighted by Gasteiger charge is 2.40. The molecule has 3 unspecified atom stereocenters. The molecule has 2 fully saturated rings. The second-order valence-electron chi connectivity index (χ2n) is 4.31. The third-order valence-corrected chi connectivity index (χ3v) is 3.93. The van der Waals surface area contributed by atoms with Gasteiger partial charge in [0.05, 0.1) is 18.2 Å². The topological polar surface area (TPSA) is 47.0 Å². The van der Waals surface area contributed by atoms with Gasteiger partial charge in [-0.05, 0) is 25.5 Å². The van der Waals surface area contributed by atoms with Crippen LogP contribution in [-0.2, 0) is 4.74 Å². The number of hydrogen-bond donors (Lipinski definition) is 1. The Bertz CT molecular complexity index is 387. The quantitative estimate of drug-likeness (QED) is 0.643. The first-order chi connectivity index (χ1) is 7.85. The summed E-state index contributed by atoms with van der Waals surface area (Å²) in [5.74, 6) is 0.917. The molecule has 5 heteroatoms. The predicted octanol–water partition coefficient (Wildman–Crippen LogP) is 1.93. The molecule has 0 aromatic carbocycles. The highest BCUT2D eigenvalue weighted by atomic mass is 32.2. The van der Waals surface area contributed by atoms with Crippen LogP contribution in [0.5, 0.6) is 0 Å². The van der Waals surface area contributed by atoms with Crippen LogP contribution in [0.1, 0.15) is 19.3 Å². The molecule has 86 valence electrons. The minimum Gasteiger partial charge on any atom is -0.373 e. The van der Waals surface area contributed by atoms with Crippen LogP contribution in [0.25, 0.3) is 0 Å². The smallest absolute Gasteiger partial charge is 0.130 e. The Morgan fingerprint density at radius 2 is 2.38 bits per heavy atom. The third kappa shape index (κ3) is 1.89. The molecule has 3 atom stereocenters. The van der Waals surface area contributed by atoms with E-state index in [1.54, 1.807) is 18.1 Å². The van der Waals surface area contributed by atoms with Gasteiger partial charge in [-0.2, -0.15) is 0 Å². The van der Waals surface area contributed by atoms with Gasteiger partial charge in [-0.3, -0.25) is 0 Å². The van der Waals surface area contributed by atoms with E-state index in [1.165, 1.54) is 12.8 Å². The Balaban J connectivity index is 1.69. The van der Waals surface area contributed by atoms with Crippen molar-refractivity contribution in [3.8, 4) is 0 Å². The van der Waals surface area contributed by atoms with E-state index >= 15 is 0 Å². The lowest BCUT2D eigenvalue weighted by molar-refractivity contribution is 0.102. The minimum atomic E-state index is 0.387. The fourth-order valence-electron chi connectivity index (χ4n) is 2.51. The first-order valence-corrected chi connectivity index (χ1v) is 6.85. The second-order valence-corrected chi connectivity index (χ2v) is 5.13. The monoisotopic (exact) mass is 237 g/mol. The lowest BCUT2D eigenvalue weighted by Crippen LogP contribution is -2.30. The molecule has 0 aliphatic carbocycles.